The molecule has 0 aliphatic heterocycles. The van der Waals surface area contributed by atoms with E-state index in [0.717, 1.165) is 12.2 Å². The van der Waals surface area contributed by atoms with Crippen molar-refractivity contribution in [3.63, 3.8) is 0 Å². The van der Waals surface area contributed by atoms with Crippen LogP contribution in [0.3, 0.4) is 0 Å². The topological polar surface area (TPSA) is 24.9 Å². The minimum Gasteiger partial charge on any atom is -0.310 e. The average molecular weight is 266 g/mol. The Kier molecular flexibility index (Phi) is 3.83. The third-order valence-electron chi connectivity index (χ3n) is 4.30. The van der Waals surface area contributed by atoms with Crippen LogP contribution in [0, 0.1) is 12.8 Å². The van der Waals surface area contributed by atoms with Crippen molar-refractivity contribution >= 4 is 0 Å². The summed E-state index contributed by atoms with van der Waals surface area (Å²) in [6, 6.07) is 15.6. The molecule has 2 heteroatoms. The van der Waals surface area contributed by atoms with Crippen LogP contribution in [0.25, 0.3) is 0 Å². The summed E-state index contributed by atoms with van der Waals surface area (Å²) in [5, 5.41) is 3.66. The van der Waals surface area contributed by atoms with E-state index in [1.54, 1.807) is 0 Å². The van der Waals surface area contributed by atoms with Crippen LogP contribution in [0.5, 0.6) is 0 Å². The molecule has 0 radical (unpaired) electrons. The maximum absolute atomic E-state index is 4.45. The van der Waals surface area contributed by atoms with Gasteiger partial charge in [0.2, 0.25) is 0 Å². The van der Waals surface area contributed by atoms with Crippen molar-refractivity contribution in [2.24, 2.45) is 5.92 Å². The van der Waals surface area contributed by atoms with Crippen molar-refractivity contribution in [3.05, 3.63) is 65.5 Å². The fourth-order valence-corrected chi connectivity index (χ4v) is 3.20. The average Bonchev–Trinajstić information content (AvgIpc) is 3.27. The lowest BCUT2D eigenvalue weighted by atomic mass is 9.97. The molecule has 0 spiro atoms. The van der Waals surface area contributed by atoms with Gasteiger partial charge in [0.1, 0.15) is 0 Å². The summed E-state index contributed by atoms with van der Waals surface area (Å²) in [6.45, 7) is 5.29. The molecule has 3 rings (SSSR count). The van der Waals surface area contributed by atoms with Gasteiger partial charge in [-0.25, -0.2) is 0 Å². The standard InChI is InChI=1S/C18H22N2/c1-3-19-18(15-10-7-11-20-13(15)2)17-12-16(17)14-8-5-4-6-9-14/h4-11,16-19H,3,12H2,1-2H3. The minimum atomic E-state index is 0.430. The quantitative estimate of drug-likeness (QED) is 0.889. The fourth-order valence-electron chi connectivity index (χ4n) is 3.20. The Morgan fingerprint density at radius 1 is 1.20 bits per heavy atom. The van der Waals surface area contributed by atoms with Gasteiger partial charge in [0.25, 0.3) is 0 Å². The van der Waals surface area contributed by atoms with E-state index in [9.17, 15) is 0 Å². The van der Waals surface area contributed by atoms with Gasteiger partial charge in [-0.1, -0.05) is 43.3 Å². The first-order valence-corrected chi connectivity index (χ1v) is 7.51. The summed E-state index contributed by atoms with van der Waals surface area (Å²) in [7, 11) is 0. The van der Waals surface area contributed by atoms with Gasteiger partial charge in [-0.2, -0.15) is 0 Å². The van der Waals surface area contributed by atoms with Gasteiger partial charge in [-0.05, 0) is 48.9 Å². The van der Waals surface area contributed by atoms with Crippen molar-refractivity contribution in [1.29, 1.82) is 0 Å². The van der Waals surface area contributed by atoms with Crippen molar-refractivity contribution in [2.75, 3.05) is 6.54 Å². The summed E-state index contributed by atoms with van der Waals surface area (Å²) < 4.78 is 0. The first kappa shape index (κ1) is 13.3. The minimum absolute atomic E-state index is 0.430. The monoisotopic (exact) mass is 266 g/mol. The first-order chi connectivity index (χ1) is 9.81. The molecule has 1 N–H and O–H groups in total. The van der Waals surface area contributed by atoms with E-state index in [0.29, 0.717) is 17.9 Å². The number of aromatic nitrogens is 1. The lowest BCUT2D eigenvalue weighted by Gasteiger charge is -2.20. The molecule has 1 saturated carbocycles. The number of pyridine rings is 1. The van der Waals surface area contributed by atoms with E-state index in [1.165, 1.54) is 17.5 Å². The number of nitrogens with one attached hydrogen (secondary N) is 1. The number of nitrogens with zero attached hydrogens (tertiary/aromatic N) is 1. The molecule has 1 heterocycles. The molecule has 0 saturated heterocycles. The van der Waals surface area contributed by atoms with Crippen LogP contribution in [0.1, 0.15) is 42.1 Å². The Labute approximate surface area is 121 Å². The second kappa shape index (κ2) is 5.76. The molecule has 0 bridgehead atoms. The Hall–Kier alpha value is -1.67. The second-order valence-corrected chi connectivity index (χ2v) is 5.63. The molecule has 3 atom stereocenters. The Bertz CT molecular complexity index is 565. The summed E-state index contributed by atoms with van der Waals surface area (Å²) in [5.41, 5.74) is 3.98. The van der Waals surface area contributed by atoms with Gasteiger partial charge in [0.05, 0.1) is 0 Å². The fraction of sp³-hybridized carbons (Fsp3) is 0.389. The van der Waals surface area contributed by atoms with Gasteiger partial charge in [-0.3, -0.25) is 4.98 Å². The highest BCUT2D eigenvalue weighted by atomic mass is 14.9. The van der Waals surface area contributed by atoms with Crippen molar-refractivity contribution in [3.8, 4) is 0 Å². The van der Waals surface area contributed by atoms with E-state index in [4.69, 9.17) is 0 Å². The van der Waals surface area contributed by atoms with Gasteiger partial charge < -0.3 is 5.32 Å². The van der Waals surface area contributed by atoms with Crippen LogP contribution in [0.4, 0.5) is 0 Å². The molecule has 1 aliphatic carbocycles. The maximum Gasteiger partial charge on any atom is 0.0420 e. The molecule has 1 fully saturated rings. The number of hydrogen-bond donors (Lipinski definition) is 1. The molecule has 0 amide bonds. The number of aryl methyl sites for hydroxylation is 1. The lowest BCUT2D eigenvalue weighted by Crippen LogP contribution is -2.24. The smallest absolute Gasteiger partial charge is 0.0420 e. The molecular weight excluding hydrogens is 244 g/mol. The zero-order valence-electron chi connectivity index (χ0n) is 12.2. The van der Waals surface area contributed by atoms with Crippen LogP contribution in [0.15, 0.2) is 48.7 Å². The second-order valence-electron chi connectivity index (χ2n) is 5.63. The van der Waals surface area contributed by atoms with Gasteiger partial charge in [-0.15, -0.1) is 0 Å². The number of rotatable bonds is 5. The molecule has 1 aromatic carbocycles. The van der Waals surface area contributed by atoms with Crippen LogP contribution in [0.2, 0.25) is 0 Å². The Morgan fingerprint density at radius 3 is 2.70 bits per heavy atom. The summed E-state index contributed by atoms with van der Waals surface area (Å²) in [5.74, 6) is 1.39. The third kappa shape index (κ3) is 2.61. The highest BCUT2D eigenvalue weighted by Gasteiger charge is 2.44. The zero-order valence-corrected chi connectivity index (χ0v) is 12.2. The summed E-state index contributed by atoms with van der Waals surface area (Å²) >= 11 is 0. The normalized spacial score (nSPS) is 22.5. The molecule has 1 aromatic heterocycles. The predicted octanol–water partition coefficient (Wildman–Crippen LogP) is 3.84. The van der Waals surface area contributed by atoms with Crippen molar-refractivity contribution < 1.29 is 0 Å². The third-order valence-corrected chi connectivity index (χ3v) is 4.30. The van der Waals surface area contributed by atoms with E-state index in [2.05, 4.69) is 60.5 Å². The first-order valence-electron chi connectivity index (χ1n) is 7.51. The summed E-state index contributed by atoms with van der Waals surface area (Å²) in [6.07, 6.45) is 3.15. The lowest BCUT2D eigenvalue weighted by molar-refractivity contribution is 0.483. The molecular formula is C18H22N2. The number of hydrogen-bond acceptors (Lipinski definition) is 2. The van der Waals surface area contributed by atoms with Crippen LogP contribution in [-0.4, -0.2) is 11.5 Å². The van der Waals surface area contributed by atoms with Crippen LogP contribution < -0.4 is 5.32 Å². The maximum atomic E-state index is 4.45. The van der Waals surface area contributed by atoms with E-state index in [-0.39, 0.29) is 0 Å². The zero-order chi connectivity index (χ0) is 13.9. The van der Waals surface area contributed by atoms with Crippen LogP contribution in [-0.2, 0) is 0 Å². The van der Waals surface area contributed by atoms with Gasteiger partial charge >= 0.3 is 0 Å². The van der Waals surface area contributed by atoms with Crippen LogP contribution >= 0.6 is 0 Å². The summed E-state index contributed by atoms with van der Waals surface area (Å²) in [4.78, 5) is 4.45. The molecule has 2 nitrogen and oxygen atoms in total. The van der Waals surface area contributed by atoms with Crippen molar-refractivity contribution in [1.82, 2.24) is 10.3 Å². The molecule has 2 aromatic rings. The Morgan fingerprint density at radius 2 is 2.00 bits per heavy atom. The van der Waals surface area contributed by atoms with E-state index >= 15 is 0 Å². The van der Waals surface area contributed by atoms with Gasteiger partial charge in [0.15, 0.2) is 0 Å². The van der Waals surface area contributed by atoms with Crippen molar-refractivity contribution in [2.45, 2.75) is 32.2 Å². The van der Waals surface area contributed by atoms with E-state index < -0.39 is 0 Å². The molecule has 20 heavy (non-hydrogen) atoms. The van der Waals surface area contributed by atoms with Gasteiger partial charge in [0, 0.05) is 17.9 Å². The molecule has 1 aliphatic rings. The largest absolute Gasteiger partial charge is 0.310 e. The van der Waals surface area contributed by atoms with E-state index in [1.807, 2.05) is 12.3 Å². The number of benzene rings is 1. The highest BCUT2D eigenvalue weighted by Crippen LogP contribution is 2.54. The Balaban J connectivity index is 1.82. The molecule has 3 unspecified atom stereocenters. The highest BCUT2D eigenvalue weighted by molar-refractivity contribution is 5.31. The SMILES string of the molecule is CCNC(c1cccnc1C)C1CC1c1ccccc1. The predicted molar refractivity (Wildman–Crippen MR) is 82.7 cm³/mol. The molecule has 104 valence electrons.